The Morgan fingerprint density at radius 3 is 2.42 bits per heavy atom. The molecule has 182 valence electrons. The van der Waals surface area contributed by atoms with Crippen molar-refractivity contribution in [3.63, 3.8) is 0 Å². The van der Waals surface area contributed by atoms with E-state index in [1.54, 1.807) is 6.07 Å². The minimum atomic E-state index is -4.63. The maximum atomic E-state index is 11.8. The Kier molecular flexibility index (Phi) is 6.18. The van der Waals surface area contributed by atoms with Crippen molar-refractivity contribution < 1.29 is 52.0 Å². The summed E-state index contributed by atoms with van der Waals surface area (Å²) in [4.78, 5) is 8.88. The minimum absolute atomic E-state index is 0. The van der Waals surface area contributed by atoms with E-state index in [1.807, 2.05) is 31.5 Å². The van der Waals surface area contributed by atoms with E-state index >= 15 is 0 Å². The molecule has 0 saturated carbocycles. The van der Waals surface area contributed by atoms with Crippen molar-refractivity contribution in [3.05, 3.63) is 54.1 Å². The Labute approximate surface area is 232 Å². The van der Waals surface area contributed by atoms with Crippen LogP contribution in [0.2, 0.25) is 0 Å². The van der Waals surface area contributed by atoms with Gasteiger partial charge in [-0.3, -0.25) is 4.99 Å². The molecule has 36 heavy (non-hydrogen) atoms. The van der Waals surface area contributed by atoms with Gasteiger partial charge in [-0.15, -0.1) is 0 Å². The minimum Gasteiger partial charge on any atom is -0.744 e. The van der Waals surface area contributed by atoms with Gasteiger partial charge in [0, 0.05) is 48.4 Å². The van der Waals surface area contributed by atoms with Crippen LogP contribution in [0.5, 0.6) is 5.75 Å². The topological polar surface area (TPSA) is 94.5 Å². The first kappa shape index (κ1) is 25.5. The molecule has 3 heterocycles. The number of anilines is 2. The van der Waals surface area contributed by atoms with E-state index in [0.717, 1.165) is 22.3 Å². The Balaban J connectivity index is 0.00000267. The summed E-state index contributed by atoms with van der Waals surface area (Å²) in [7, 11) is -2.63. The van der Waals surface area contributed by atoms with Crippen LogP contribution in [0.4, 0.5) is 17.1 Å². The number of likely N-dealkylation sites (N-methyl/N-ethyl adjacent to an activating group) is 1. The van der Waals surface area contributed by atoms with E-state index in [-0.39, 0.29) is 34.5 Å². The van der Waals surface area contributed by atoms with Crippen LogP contribution in [0.25, 0.3) is 10.8 Å². The van der Waals surface area contributed by atoms with Crippen LogP contribution in [0.15, 0.2) is 58.4 Å². The third-order valence-corrected chi connectivity index (χ3v) is 8.46. The summed E-state index contributed by atoms with van der Waals surface area (Å²) in [6, 6.07) is 14.7. The normalized spacial score (nSPS) is 22.2. The quantitative estimate of drug-likeness (QED) is 0.368. The summed E-state index contributed by atoms with van der Waals surface area (Å²) in [5.41, 5.74) is 2.36. The molecule has 1 atom stereocenters. The number of ether oxygens (including phenoxy) is 2. The predicted molar refractivity (Wildman–Crippen MR) is 134 cm³/mol. The van der Waals surface area contributed by atoms with Crippen LogP contribution in [0, 0.1) is 0 Å². The Morgan fingerprint density at radius 1 is 1.00 bits per heavy atom. The zero-order valence-electron chi connectivity index (χ0n) is 20.8. The van der Waals surface area contributed by atoms with Crippen LogP contribution >= 0.6 is 0 Å². The standard InChI is InChI=1S/C26H27N3O5S.Na/c1-25(2)20-6-4-5-7-21(20)28(3)26(25)16-27-24-19-14-17(35(30,31)32)8-9-18(19)22(15-23(24)34-26)29-10-12-33-13-11-29;/h4-9,14-16H,10-13H2,1-3H3,(H,30,31,32);/q;+1/p-1. The van der Waals surface area contributed by atoms with Crippen molar-refractivity contribution in [1.82, 2.24) is 0 Å². The molecule has 8 nitrogen and oxygen atoms in total. The van der Waals surface area contributed by atoms with Gasteiger partial charge in [0.25, 0.3) is 0 Å². The van der Waals surface area contributed by atoms with Gasteiger partial charge in [0.1, 0.15) is 15.8 Å². The van der Waals surface area contributed by atoms with Crippen molar-refractivity contribution in [2.24, 2.45) is 4.99 Å². The first-order chi connectivity index (χ1) is 16.6. The second kappa shape index (κ2) is 8.72. The smallest absolute Gasteiger partial charge is 0.744 e. The van der Waals surface area contributed by atoms with Crippen LogP contribution < -0.4 is 44.1 Å². The van der Waals surface area contributed by atoms with Gasteiger partial charge in [-0.2, -0.15) is 0 Å². The van der Waals surface area contributed by atoms with Crippen molar-refractivity contribution in [1.29, 1.82) is 0 Å². The average Bonchev–Trinajstić information content (AvgIpc) is 3.01. The number of nitrogens with zero attached hydrogens (tertiary/aromatic N) is 3. The first-order valence-electron chi connectivity index (χ1n) is 11.6. The molecule has 3 aromatic rings. The number of aliphatic imine (C=N–C) groups is 1. The van der Waals surface area contributed by atoms with Crippen LogP contribution in [0.3, 0.4) is 0 Å². The molecule has 1 spiro atoms. The van der Waals surface area contributed by atoms with Crippen LogP contribution in [-0.4, -0.2) is 58.3 Å². The van der Waals surface area contributed by atoms with E-state index in [9.17, 15) is 13.0 Å². The molecule has 3 aliphatic rings. The Hall–Kier alpha value is -2.14. The molecular weight excluding hydrogens is 489 g/mol. The van der Waals surface area contributed by atoms with Crippen LogP contribution in [-0.2, 0) is 20.3 Å². The molecule has 6 rings (SSSR count). The molecule has 0 aromatic heterocycles. The zero-order chi connectivity index (χ0) is 24.6. The van der Waals surface area contributed by atoms with E-state index in [4.69, 9.17) is 14.5 Å². The number of para-hydroxylation sites is 1. The van der Waals surface area contributed by atoms with Gasteiger partial charge >= 0.3 is 29.6 Å². The van der Waals surface area contributed by atoms with Gasteiger partial charge in [0.15, 0.2) is 5.75 Å². The molecule has 3 aromatic carbocycles. The van der Waals surface area contributed by atoms with Gasteiger partial charge in [-0.05, 0) is 37.6 Å². The second-order valence-corrected chi connectivity index (χ2v) is 11.1. The van der Waals surface area contributed by atoms with Crippen LogP contribution in [0.1, 0.15) is 19.4 Å². The average molecular weight is 516 g/mol. The SMILES string of the molecule is CN1c2ccccc2C(C)(C)C12C=Nc1c(cc(N3CCOCC3)c3ccc(S(=O)(=O)[O-])cc13)O2.[Na+]. The van der Waals surface area contributed by atoms with Crippen molar-refractivity contribution >= 4 is 44.2 Å². The third-order valence-electron chi connectivity index (χ3n) is 7.63. The van der Waals surface area contributed by atoms with Gasteiger partial charge in [0.05, 0.1) is 29.7 Å². The van der Waals surface area contributed by atoms with Crippen molar-refractivity contribution in [2.45, 2.75) is 29.9 Å². The molecule has 0 aliphatic carbocycles. The van der Waals surface area contributed by atoms with Crippen molar-refractivity contribution in [2.75, 3.05) is 43.2 Å². The molecule has 0 bridgehead atoms. The summed E-state index contributed by atoms with van der Waals surface area (Å²) in [6.45, 7) is 6.86. The van der Waals surface area contributed by atoms with Gasteiger partial charge in [0.2, 0.25) is 5.72 Å². The molecule has 3 aliphatic heterocycles. The molecule has 0 amide bonds. The number of morpholine rings is 1. The first-order valence-corrected chi connectivity index (χ1v) is 13.0. The number of hydrogen-bond donors (Lipinski definition) is 0. The molecule has 1 unspecified atom stereocenters. The monoisotopic (exact) mass is 515 g/mol. The summed E-state index contributed by atoms with van der Waals surface area (Å²) in [5, 5.41) is 1.39. The summed E-state index contributed by atoms with van der Waals surface area (Å²) < 4.78 is 47.9. The summed E-state index contributed by atoms with van der Waals surface area (Å²) >= 11 is 0. The molecular formula is C26H26N3NaO5S. The maximum absolute atomic E-state index is 11.8. The molecule has 0 N–H and O–H groups in total. The fourth-order valence-electron chi connectivity index (χ4n) is 5.65. The number of hydrogen-bond acceptors (Lipinski definition) is 8. The van der Waals surface area contributed by atoms with E-state index in [0.29, 0.717) is 43.1 Å². The van der Waals surface area contributed by atoms with Gasteiger partial charge < -0.3 is 23.8 Å². The van der Waals surface area contributed by atoms with E-state index in [2.05, 4.69) is 35.8 Å². The third kappa shape index (κ3) is 3.60. The Bertz CT molecular complexity index is 1500. The molecule has 1 saturated heterocycles. The fraction of sp³-hybridized carbons (Fsp3) is 0.346. The predicted octanol–water partition coefficient (Wildman–Crippen LogP) is 0.803. The second-order valence-electron chi connectivity index (χ2n) is 9.76. The summed E-state index contributed by atoms with van der Waals surface area (Å²) in [5.74, 6) is 0.551. The van der Waals surface area contributed by atoms with E-state index < -0.39 is 21.3 Å². The molecule has 1 fully saturated rings. The summed E-state index contributed by atoms with van der Waals surface area (Å²) in [6.07, 6.45) is 1.81. The molecule has 0 radical (unpaired) electrons. The van der Waals surface area contributed by atoms with Gasteiger partial charge in [-0.25, -0.2) is 8.42 Å². The Morgan fingerprint density at radius 2 is 1.72 bits per heavy atom. The van der Waals surface area contributed by atoms with Gasteiger partial charge in [-0.1, -0.05) is 24.3 Å². The molecule has 10 heteroatoms. The zero-order valence-corrected chi connectivity index (χ0v) is 23.6. The largest absolute Gasteiger partial charge is 1.00 e. The number of rotatable bonds is 2. The van der Waals surface area contributed by atoms with E-state index in [1.165, 1.54) is 12.1 Å². The number of benzene rings is 3. The fourth-order valence-corrected chi connectivity index (χ4v) is 6.15. The number of fused-ring (bicyclic) bond motifs is 4. The van der Waals surface area contributed by atoms with Crippen molar-refractivity contribution in [3.8, 4) is 5.75 Å². The maximum Gasteiger partial charge on any atom is 1.00 e.